The summed E-state index contributed by atoms with van der Waals surface area (Å²) in [5, 5.41) is 0. The van der Waals surface area contributed by atoms with Crippen LogP contribution in [-0.2, 0) is 9.59 Å². The van der Waals surface area contributed by atoms with Crippen LogP contribution in [0.1, 0.15) is 39.0 Å². The van der Waals surface area contributed by atoms with Crippen molar-refractivity contribution in [3.05, 3.63) is 0 Å². The van der Waals surface area contributed by atoms with E-state index in [1.54, 1.807) is 6.08 Å². The number of hydrogen-bond acceptors (Lipinski definition) is 4. The number of rotatable bonds is 9. The second kappa shape index (κ2) is 10.8. The molecular formula is C11H18N2O2. The van der Waals surface area contributed by atoms with Crippen LogP contribution in [-0.4, -0.2) is 25.2 Å². The maximum atomic E-state index is 9.89. The highest BCUT2D eigenvalue weighted by atomic mass is 16.1. The molecule has 0 saturated carbocycles. The van der Waals surface area contributed by atoms with Crippen LogP contribution in [0.4, 0.5) is 0 Å². The molecular weight excluding hydrogens is 192 g/mol. The van der Waals surface area contributed by atoms with Gasteiger partial charge in [0, 0.05) is 0 Å². The lowest BCUT2D eigenvalue weighted by Crippen LogP contribution is -2.03. The highest BCUT2D eigenvalue weighted by molar-refractivity contribution is 5.32. The van der Waals surface area contributed by atoms with E-state index in [0.717, 1.165) is 32.1 Å². The Morgan fingerprint density at radius 1 is 1.00 bits per heavy atom. The standard InChI is InChI=1S/C11H18N2O2/c1-2-4-11(6-8-13-10-15)5-3-7-12-9-14/h11H,2-8H2,1H3. The van der Waals surface area contributed by atoms with Crippen LogP contribution in [0.25, 0.3) is 0 Å². The topological polar surface area (TPSA) is 58.9 Å². The van der Waals surface area contributed by atoms with Gasteiger partial charge in [0.25, 0.3) is 0 Å². The first-order chi connectivity index (χ1) is 7.35. The van der Waals surface area contributed by atoms with Gasteiger partial charge in [-0.05, 0) is 25.2 Å². The predicted molar refractivity (Wildman–Crippen MR) is 58.2 cm³/mol. The van der Waals surface area contributed by atoms with Gasteiger partial charge in [-0.3, -0.25) is 0 Å². The second-order valence-electron chi connectivity index (χ2n) is 3.53. The lowest BCUT2D eigenvalue weighted by Gasteiger charge is -2.13. The summed E-state index contributed by atoms with van der Waals surface area (Å²) in [6.45, 7) is 3.26. The van der Waals surface area contributed by atoms with E-state index < -0.39 is 0 Å². The minimum absolute atomic E-state index is 0.556. The molecule has 0 amide bonds. The maximum absolute atomic E-state index is 9.89. The third-order valence-electron chi connectivity index (χ3n) is 2.36. The zero-order valence-electron chi connectivity index (χ0n) is 9.24. The monoisotopic (exact) mass is 210 g/mol. The van der Waals surface area contributed by atoms with Crippen molar-refractivity contribution in [1.29, 1.82) is 0 Å². The summed E-state index contributed by atoms with van der Waals surface area (Å²) in [7, 11) is 0. The molecule has 0 heterocycles. The Bertz CT molecular complexity index is 241. The highest BCUT2D eigenvalue weighted by Gasteiger charge is 2.06. The molecule has 1 atom stereocenters. The average molecular weight is 210 g/mol. The van der Waals surface area contributed by atoms with Crippen molar-refractivity contribution in [2.24, 2.45) is 15.9 Å². The Hall–Kier alpha value is -1.24. The Kier molecular flexibility index (Phi) is 9.94. The van der Waals surface area contributed by atoms with E-state index in [1.807, 2.05) is 0 Å². The minimum Gasteiger partial charge on any atom is -0.211 e. The third-order valence-corrected chi connectivity index (χ3v) is 2.36. The fourth-order valence-electron chi connectivity index (χ4n) is 1.64. The molecule has 0 aromatic carbocycles. The molecule has 4 nitrogen and oxygen atoms in total. The summed E-state index contributed by atoms with van der Waals surface area (Å²) >= 11 is 0. The molecule has 0 radical (unpaired) electrons. The average Bonchev–Trinajstić information content (AvgIpc) is 2.24. The second-order valence-corrected chi connectivity index (χ2v) is 3.53. The van der Waals surface area contributed by atoms with Crippen LogP contribution in [0.3, 0.4) is 0 Å². The van der Waals surface area contributed by atoms with Crippen molar-refractivity contribution in [3.63, 3.8) is 0 Å². The van der Waals surface area contributed by atoms with E-state index in [0.29, 0.717) is 19.0 Å². The van der Waals surface area contributed by atoms with Gasteiger partial charge in [0.05, 0.1) is 13.1 Å². The molecule has 0 bridgehead atoms. The van der Waals surface area contributed by atoms with Gasteiger partial charge >= 0.3 is 0 Å². The van der Waals surface area contributed by atoms with E-state index in [1.165, 1.54) is 6.08 Å². The predicted octanol–water partition coefficient (Wildman–Crippen LogP) is 2.24. The van der Waals surface area contributed by atoms with Crippen molar-refractivity contribution in [1.82, 2.24) is 0 Å². The highest BCUT2D eigenvalue weighted by Crippen LogP contribution is 2.17. The van der Waals surface area contributed by atoms with E-state index in [2.05, 4.69) is 16.9 Å². The molecule has 0 rings (SSSR count). The van der Waals surface area contributed by atoms with E-state index in [-0.39, 0.29) is 0 Å². The van der Waals surface area contributed by atoms with Crippen molar-refractivity contribution in [2.75, 3.05) is 13.1 Å². The van der Waals surface area contributed by atoms with E-state index in [9.17, 15) is 9.59 Å². The van der Waals surface area contributed by atoms with Crippen LogP contribution in [0.5, 0.6) is 0 Å². The lowest BCUT2D eigenvalue weighted by molar-refractivity contribution is 0.411. The maximum Gasteiger partial charge on any atom is 0.234 e. The van der Waals surface area contributed by atoms with Crippen molar-refractivity contribution >= 4 is 12.2 Å². The summed E-state index contributed by atoms with van der Waals surface area (Å²) < 4.78 is 0. The van der Waals surface area contributed by atoms with Crippen LogP contribution >= 0.6 is 0 Å². The SMILES string of the molecule is CCCC(CCCN=C=O)CCN=C=O. The van der Waals surface area contributed by atoms with Crippen molar-refractivity contribution in [3.8, 4) is 0 Å². The van der Waals surface area contributed by atoms with Crippen LogP contribution in [0.15, 0.2) is 9.98 Å². The fraction of sp³-hybridized carbons (Fsp3) is 0.818. The normalized spacial score (nSPS) is 11.3. The molecule has 0 aromatic rings. The number of hydrogen-bond donors (Lipinski definition) is 0. The molecule has 0 aromatic heterocycles. The minimum atomic E-state index is 0.556. The van der Waals surface area contributed by atoms with Gasteiger partial charge in [0.15, 0.2) is 0 Å². The first-order valence-corrected chi connectivity index (χ1v) is 5.42. The third kappa shape index (κ3) is 9.07. The summed E-state index contributed by atoms with van der Waals surface area (Å²) in [6.07, 6.45) is 8.21. The van der Waals surface area contributed by atoms with E-state index in [4.69, 9.17) is 0 Å². The number of carbonyl (C=O) groups excluding carboxylic acids is 2. The summed E-state index contributed by atoms with van der Waals surface area (Å²) in [6, 6.07) is 0. The Morgan fingerprint density at radius 3 is 2.27 bits per heavy atom. The molecule has 0 aliphatic heterocycles. The van der Waals surface area contributed by atoms with Gasteiger partial charge in [-0.2, -0.15) is 0 Å². The van der Waals surface area contributed by atoms with Crippen LogP contribution < -0.4 is 0 Å². The molecule has 0 fully saturated rings. The Morgan fingerprint density at radius 2 is 1.67 bits per heavy atom. The molecule has 0 aliphatic carbocycles. The zero-order valence-corrected chi connectivity index (χ0v) is 9.24. The first kappa shape index (κ1) is 13.8. The summed E-state index contributed by atoms with van der Waals surface area (Å²) in [4.78, 5) is 26.8. The quantitative estimate of drug-likeness (QED) is 0.333. The molecule has 0 spiro atoms. The van der Waals surface area contributed by atoms with Crippen molar-refractivity contribution < 1.29 is 9.59 Å². The number of nitrogens with zero attached hydrogens (tertiary/aromatic N) is 2. The largest absolute Gasteiger partial charge is 0.234 e. The van der Waals surface area contributed by atoms with Gasteiger partial charge in [-0.25, -0.2) is 19.6 Å². The Balaban J connectivity index is 3.70. The van der Waals surface area contributed by atoms with E-state index >= 15 is 0 Å². The Labute approximate surface area is 90.5 Å². The van der Waals surface area contributed by atoms with Gasteiger partial charge < -0.3 is 0 Å². The fourth-order valence-corrected chi connectivity index (χ4v) is 1.64. The molecule has 0 saturated heterocycles. The van der Waals surface area contributed by atoms with Gasteiger partial charge in [0.1, 0.15) is 0 Å². The van der Waals surface area contributed by atoms with Crippen LogP contribution in [0, 0.1) is 5.92 Å². The number of isocyanates is 2. The smallest absolute Gasteiger partial charge is 0.211 e. The first-order valence-electron chi connectivity index (χ1n) is 5.42. The summed E-state index contributed by atoms with van der Waals surface area (Å²) in [5.41, 5.74) is 0. The van der Waals surface area contributed by atoms with Gasteiger partial charge in [-0.1, -0.05) is 19.8 Å². The van der Waals surface area contributed by atoms with Gasteiger partial charge in [-0.15, -0.1) is 0 Å². The van der Waals surface area contributed by atoms with Crippen LogP contribution in [0.2, 0.25) is 0 Å². The van der Waals surface area contributed by atoms with Crippen molar-refractivity contribution in [2.45, 2.75) is 39.0 Å². The zero-order chi connectivity index (χ0) is 11.4. The molecule has 0 N–H and O–H groups in total. The summed E-state index contributed by atoms with van der Waals surface area (Å²) in [5.74, 6) is 0.578. The lowest BCUT2D eigenvalue weighted by atomic mass is 9.94. The molecule has 84 valence electrons. The number of aliphatic imine (C=N–C) groups is 2. The molecule has 15 heavy (non-hydrogen) atoms. The molecule has 1 unspecified atom stereocenters. The molecule has 0 aliphatic rings. The molecule has 4 heteroatoms. The van der Waals surface area contributed by atoms with Gasteiger partial charge in [0.2, 0.25) is 12.2 Å².